The van der Waals surface area contributed by atoms with Crippen molar-refractivity contribution in [3.05, 3.63) is 28.5 Å². The molecule has 0 spiro atoms. The topological polar surface area (TPSA) is 86.2 Å². The fourth-order valence-electron chi connectivity index (χ4n) is 2.79. The molecule has 0 radical (unpaired) electrons. The Hall–Kier alpha value is -1.70. The standard InChI is InChI=1S/C17H21BrN4O2/c1-4-24-8-13-21-14-15(22(13)9-17(2,3)23)11-7-10(18)5-6-12(11)20-16(14)19/h5-7,23H,4,8-9H2,1-3H3,(H2,19,20). The van der Waals surface area contributed by atoms with Gasteiger partial charge < -0.3 is 20.1 Å². The highest BCUT2D eigenvalue weighted by Crippen LogP contribution is 2.31. The summed E-state index contributed by atoms with van der Waals surface area (Å²) in [7, 11) is 0. The van der Waals surface area contributed by atoms with E-state index in [1.807, 2.05) is 29.7 Å². The van der Waals surface area contributed by atoms with Gasteiger partial charge in [0.25, 0.3) is 0 Å². The summed E-state index contributed by atoms with van der Waals surface area (Å²) in [5.41, 5.74) is 7.54. The molecule has 0 unspecified atom stereocenters. The molecule has 128 valence electrons. The second-order valence-electron chi connectivity index (χ2n) is 6.42. The summed E-state index contributed by atoms with van der Waals surface area (Å²) in [6, 6.07) is 5.84. The number of hydrogen-bond acceptors (Lipinski definition) is 5. The minimum atomic E-state index is -0.898. The van der Waals surface area contributed by atoms with E-state index >= 15 is 0 Å². The van der Waals surface area contributed by atoms with Gasteiger partial charge in [0.05, 0.1) is 23.2 Å². The maximum atomic E-state index is 10.3. The number of aromatic nitrogens is 3. The fourth-order valence-corrected chi connectivity index (χ4v) is 3.15. The van der Waals surface area contributed by atoms with Crippen LogP contribution in [-0.4, -0.2) is 31.8 Å². The fraction of sp³-hybridized carbons (Fsp3) is 0.412. The molecule has 0 atom stereocenters. The van der Waals surface area contributed by atoms with E-state index < -0.39 is 5.60 Å². The maximum Gasteiger partial charge on any atom is 0.152 e. The number of fused-ring (bicyclic) bond motifs is 3. The molecule has 0 bridgehead atoms. The van der Waals surface area contributed by atoms with Crippen molar-refractivity contribution < 1.29 is 9.84 Å². The zero-order chi connectivity index (χ0) is 17.5. The molecule has 0 aliphatic carbocycles. The average Bonchev–Trinajstić information content (AvgIpc) is 2.84. The van der Waals surface area contributed by atoms with Gasteiger partial charge in [-0.05, 0) is 39.0 Å². The van der Waals surface area contributed by atoms with Crippen LogP contribution in [0.1, 0.15) is 26.6 Å². The van der Waals surface area contributed by atoms with Crippen molar-refractivity contribution in [1.82, 2.24) is 14.5 Å². The molecule has 3 N–H and O–H groups in total. The highest BCUT2D eigenvalue weighted by molar-refractivity contribution is 9.10. The first kappa shape index (κ1) is 17.1. The van der Waals surface area contributed by atoms with E-state index in [-0.39, 0.29) is 0 Å². The summed E-state index contributed by atoms with van der Waals surface area (Å²) >= 11 is 3.51. The molecule has 6 nitrogen and oxygen atoms in total. The van der Waals surface area contributed by atoms with Gasteiger partial charge in [-0.3, -0.25) is 0 Å². The zero-order valence-corrected chi connectivity index (χ0v) is 15.6. The van der Waals surface area contributed by atoms with Gasteiger partial charge in [0, 0.05) is 16.5 Å². The summed E-state index contributed by atoms with van der Waals surface area (Å²) in [5.74, 6) is 1.11. The predicted octanol–water partition coefficient (Wildman–Crippen LogP) is 3.24. The van der Waals surface area contributed by atoms with Gasteiger partial charge in [-0.25, -0.2) is 9.97 Å². The largest absolute Gasteiger partial charge is 0.389 e. The molecule has 1 aromatic carbocycles. The van der Waals surface area contributed by atoms with Crippen LogP contribution in [-0.2, 0) is 17.9 Å². The minimum Gasteiger partial charge on any atom is -0.389 e. The van der Waals surface area contributed by atoms with Crippen LogP contribution >= 0.6 is 15.9 Å². The van der Waals surface area contributed by atoms with E-state index in [2.05, 4.69) is 25.9 Å². The second-order valence-corrected chi connectivity index (χ2v) is 7.34. The number of anilines is 1. The minimum absolute atomic E-state index is 0.357. The van der Waals surface area contributed by atoms with Gasteiger partial charge in [0.15, 0.2) is 5.82 Å². The van der Waals surface area contributed by atoms with E-state index in [9.17, 15) is 5.11 Å². The highest BCUT2D eigenvalue weighted by atomic mass is 79.9. The molecule has 0 aliphatic rings. The van der Waals surface area contributed by atoms with Crippen LogP contribution in [0.25, 0.3) is 21.9 Å². The van der Waals surface area contributed by atoms with Crippen LogP contribution in [0.15, 0.2) is 22.7 Å². The van der Waals surface area contributed by atoms with E-state index in [0.29, 0.717) is 31.1 Å². The third-order valence-electron chi connectivity index (χ3n) is 3.72. The Morgan fingerprint density at radius 1 is 1.33 bits per heavy atom. The number of nitrogen functional groups attached to an aromatic ring is 1. The molecule has 3 rings (SSSR count). The van der Waals surface area contributed by atoms with Crippen LogP contribution in [0.3, 0.4) is 0 Å². The third kappa shape index (κ3) is 3.24. The Morgan fingerprint density at radius 2 is 2.08 bits per heavy atom. The second kappa shape index (κ2) is 6.31. The number of rotatable bonds is 5. The SMILES string of the molecule is CCOCc1nc2c(N)nc3ccc(Br)cc3c2n1CC(C)(C)O. The van der Waals surface area contributed by atoms with E-state index in [1.165, 1.54) is 0 Å². The lowest BCUT2D eigenvalue weighted by molar-refractivity contribution is 0.0582. The molecule has 0 amide bonds. The molecular formula is C17H21BrN4O2. The van der Waals surface area contributed by atoms with Gasteiger partial charge >= 0.3 is 0 Å². The summed E-state index contributed by atoms with van der Waals surface area (Å²) < 4.78 is 8.48. The Bertz CT molecular complexity index is 899. The molecule has 0 saturated carbocycles. The lowest BCUT2D eigenvalue weighted by Crippen LogP contribution is -2.27. The van der Waals surface area contributed by atoms with E-state index in [1.54, 1.807) is 13.8 Å². The number of pyridine rings is 1. The van der Waals surface area contributed by atoms with Gasteiger partial charge in [0.2, 0.25) is 0 Å². The number of ether oxygens (including phenoxy) is 1. The molecule has 24 heavy (non-hydrogen) atoms. The average molecular weight is 393 g/mol. The van der Waals surface area contributed by atoms with Crippen molar-refractivity contribution in [2.45, 2.75) is 39.5 Å². The van der Waals surface area contributed by atoms with Crippen molar-refractivity contribution in [1.29, 1.82) is 0 Å². The molecule has 2 heterocycles. The Labute approximate surface area is 148 Å². The van der Waals surface area contributed by atoms with Crippen LogP contribution < -0.4 is 5.73 Å². The van der Waals surface area contributed by atoms with Crippen LogP contribution in [0, 0.1) is 0 Å². The van der Waals surface area contributed by atoms with E-state index in [4.69, 9.17) is 10.5 Å². The molecule has 2 aromatic heterocycles. The summed E-state index contributed by atoms with van der Waals surface area (Å²) in [6.45, 7) is 6.81. The zero-order valence-electron chi connectivity index (χ0n) is 14.0. The Kier molecular flexibility index (Phi) is 4.50. The molecular weight excluding hydrogens is 372 g/mol. The summed E-state index contributed by atoms with van der Waals surface area (Å²) in [5, 5.41) is 11.3. The van der Waals surface area contributed by atoms with Gasteiger partial charge in [-0.2, -0.15) is 0 Å². The van der Waals surface area contributed by atoms with Crippen molar-refractivity contribution in [3.63, 3.8) is 0 Å². The highest BCUT2D eigenvalue weighted by Gasteiger charge is 2.22. The molecule has 0 fully saturated rings. The summed E-state index contributed by atoms with van der Waals surface area (Å²) in [6.07, 6.45) is 0. The van der Waals surface area contributed by atoms with Crippen molar-refractivity contribution in [2.24, 2.45) is 0 Å². The number of nitrogens with two attached hydrogens (primary N) is 1. The van der Waals surface area contributed by atoms with Gasteiger partial charge in [-0.15, -0.1) is 0 Å². The first-order valence-corrected chi connectivity index (χ1v) is 8.63. The molecule has 0 aliphatic heterocycles. The molecule has 0 saturated heterocycles. The van der Waals surface area contributed by atoms with E-state index in [0.717, 1.165) is 26.7 Å². The number of aliphatic hydroxyl groups is 1. The molecule has 3 aromatic rings. The van der Waals surface area contributed by atoms with Crippen LogP contribution in [0.4, 0.5) is 5.82 Å². The first-order valence-electron chi connectivity index (χ1n) is 7.84. The van der Waals surface area contributed by atoms with Crippen molar-refractivity contribution in [2.75, 3.05) is 12.3 Å². The summed E-state index contributed by atoms with van der Waals surface area (Å²) in [4.78, 5) is 9.09. The van der Waals surface area contributed by atoms with Crippen LogP contribution in [0.2, 0.25) is 0 Å². The number of imidazole rings is 1. The number of benzene rings is 1. The number of hydrogen-bond donors (Lipinski definition) is 2. The molecule has 7 heteroatoms. The maximum absolute atomic E-state index is 10.3. The van der Waals surface area contributed by atoms with Crippen molar-refractivity contribution in [3.8, 4) is 0 Å². The Morgan fingerprint density at radius 3 is 2.75 bits per heavy atom. The smallest absolute Gasteiger partial charge is 0.152 e. The van der Waals surface area contributed by atoms with Crippen LogP contribution in [0.5, 0.6) is 0 Å². The van der Waals surface area contributed by atoms with Gasteiger partial charge in [0.1, 0.15) is 17.9 Å². The Balaban J connectivity index is 2.35. The number of nitrogens with zero attached hydrogens (tertiary/aromatic N) is 3. The predicted molar refractivity (Wildman–Crippen MR) is 98.8 cm³/mol. The normalized spacial score (nSPS) is 12.4. The lowest BCUT2D eigenvalue weighted by Gasteiger charge is -2.20. The van der Waals surface area contributed by atoms with Gasteiger partial charge in [-0.1, -0.05) is 15.9 Å². The third-order valence-corrected chi connectivity index (χ3v) is 4.22. The first-order chi connectivity index (χ1) is 11.3. The number of halogens is 1. The quantitative estimate of drug-likeness (QED) is 0.695. The van der Waals surface area contributed by atoms with Crippen molar-refractivity contribution >= 4 is 43.7 Å². The lowest BCUT2D eigenvalue weighted by atomic mass is 10.1. The monoisotopic (exact) mass is 392 g/mol.